The van der Waals surface area contributed by atoms with E-state index in [-0.39, 0.29) is 0 Å². The lowest BCUT2D eigenvalue weighted by molar-refractivity contribution is 0.326. The highest BCUT2D eigenvalue weighted by atomic mass is 15.2. The van der Waals surface area contributed by atoms with Gasteiger partial charge in [-0.3, -0.25) is 4.90 Å². The Labute approximate surface area is 107 Å². The van der Waals surface area contributed by atoms with Crippen molar-refractivity contribution in [2.24, 2.45) is 0 Å². The van der Waals surface area contributed by atoms with Crippen molar-refractivity contribution in [1.82, 2.24) is 4.90 Å². The van der Waals surface area contributed by atoms with Crippen LogP contribution in [0.4, 0.5) is 11.4 Å². The Morgan fingerprint density at radius 3 is 2.83 bits per heavy atom. The molecule has 1 aliphatic heterocycles. The second-order valence-corrected chi connectivity index (χ2v) is 5.27. The summed E-state index contributed by atoms with van der Waals surface area (Å²) in [6.07, 6.45) is 3.93. The number of nitrogens with one attached hydrogen (secondary N) is 1. The van der Waals surface area contributed by atoms with Crippen LogP contribution in [-0.4, -0.2) is 30.1 Å². The highest BCUT2D eigenvalue weighted by molar-refractivity contribution is 5.62. The van der Waals surface area contributed by atoms with Crippen LogP contribution in [0.25, 0.3) is 0 Å². The van der Waals surface area contributed by atoms with Crippen molar-refractivity contribution in [3.05, 3.63) is 23.8 Å². The number of nitrogen functional groups attached to an aromatic ring is 1. The molecular formula is C14H18N4. The van der Waals surface area contributed by atoms with Crippen molar-refractivity contribution in [3.8, 4) is 6.07 Å². The summed E-state index contributed by atoms with van der Waals surface area (Å²) in [5.74, 6) is 0. The van der Waals surface area contributed by atoms with E-state index in [0.717, 1.165) is 18.3 Å². The molecule has 3 rings (SSSR count). The maximum Gasteiger partial charge on any atom is 0.101 e. The Hall–Kier alpha value is -1.73. The lowest BCUT2D eigenvalue weighted by Crippen LogP contribution is -2.27. The molecule has 94 valence electrons. The van der Waals surface area contributed by atoms with E-state index >= 15 is 0 Å². The van der Waals surface area contributed by atoms with E-state index in [1.54, 1.807) is 6.07 Å². The van der Waals surface area contributed by atoms with Gasteiger partial charge in [0.05, 0.1) is 11.3 Å². The van der Waals surface area contributed by atoms with Crippen molar-refractivity contribution < 1.29 is 0 Å². The highest BCUT2D eigenvalue weighted by Crippen LogP contribution is 2.30. The zero-order valence-corrected chi connectivity index (χ0v) is 10.4. The molecule has 1 heterocycles. The molecule has 1 aromatic carbocycles. The van der Waals surface area contributed by atoms with Gasteiger partial charge < -0.3 is 11.1 Å². The predicted molar refractivity (Wildman–Crippen MR) is 72.2 cm³/mol. The molecule has 0 amide bonds. The van der Waals surface area contributed by atoms with Gasteiger partial charge in [-0.1, -0.05) is 0 Å². The summed E-state index contributed by atoms with van der Waals surface area (Å²) in [6.45, 7) is 2.33. The number of nitrogens with zero attached hydrogens (tertiary/aromatic N) is 2. The number of hydrogen-bond donors (Lipinski definition) is 2. The Bertz CT molecular complexity index is 487. The van der Waals surface area contributed by atoms with Crippen molar-refractivity contribution in [2.45, 2.75) is 31.3 Å². The standard InChI is InChI=1S/C14H18N4/c15-8-10-1-2-11(7-14(10)16)17-12-5-6-18(9-12)13-3-4-13/h1-2,7,12-13,17H,3-6,9,16H2. The first-order valence-electron chi connectivity index (χ1n) is 6.56. The quantitative estimate of drug-likeness (QED) is 0.793. The first kappa shape index (κ1) is 11.4. The van der Waals surface area contributed by atoms with Gasteiger partial charge in [0.25, 0.3) is 0 Å². The SMILES string of the molecule is N#Cc1ccc(NC2CCN(C3CC3)C2)cc1N. The molecule has 1 saturated carbocycles. The topological polar surface area (TPSA) is 65.1 Å². The fourth-order valence-electron chi connectivity index (χ4n) is 2.67. The minimum atomic E-state index is 0.512. The van der Waals surface area contributed by atoms with Crippen LogP contribution >= 0.6 is 0 Å². The third-order valence-corrected chi connectivity index (χ3v) is 3.83. The molecule has 4 nitrogen and oxygen atoms in total. The van der Waals surface area contributed by atoms with E-state index in [1.165, 1.54) is 25.8 Å². The summed E-state index contributed by atoms with van der Waals surface area (Å²) >= 11 is 0. The number of nitriles is 1. The van der Waals surface area contributed by atoms with E-state index in [4.69, 9.17) is 11.0 Å². The molecule has 3 N–H and O–H groups in total. The molecule has 1 atom stereocenters. The van der Waals surface area contributed by atoms with E-state index in [1.807, 2.05) is 12.1 Å². The van der Waals surface area contributed by atoms with Gasteiger partial charge in [-0.15, -0.1) is 0 Å². The van der Waals surface area contributed by atoms with Crippen LogP contribution in [0.5, 0.6) is 0 Å². The van der Waals surface area contributed by atoms with Crippen LogP contribution in [0, 0.1) is 11.3 Å². The van der Waals surface area contributed by atoms with E-state index in [0.29, 0.717) is 17.3 Å². The van der Waals surface area contributed by atoms with Crippen LogP contribution in [0.3, 0.4) is 0 Å². The van der Waals surface area contributed by atoms with Gasteiger partial charge in [-0.05, 0) is 37.5 Å². The fourth-order valence-corrected chi connectivity index (χ4v) is 2.67. The average Bonchev–Trinajstić information content (AvgIpc) is 3.11. The molecule has 0 spiro atoms. The summed E-state index contributed by atoms with van der Waals surface area (Å²) in [6, 6.07) is 9.03. The first-order chi connectivity index (χ1) is 8.76. The van der Waals surface area contributed by atoms with Crippen molar-refractivity contribution in [1.29, 1.82) is 5.26 Å². The molecule has 18 heavy (non-hydrogen) atoms. The normalized spacial score (nSPS) is 23.8. The number of anilines is 2. The lowest BCUT2D eigenvalue weighted by Gasteiger charge is -2.17. The molecule has 1 aromatic rings. The van der Waals surface area contributed by atoms with Crippen LogP contribution in [-0.2, 0) is 0 Å². The van der Waals surface area contributed by atoms with Crippen LogP contribution in [0.2, 0.25) is 0 Å². The smallest absolute Gasteiger partial charge is 0.101 e. The first-order valence-corrected chi connectivity index (χ1v) is 6.56. The Balaban J connectivity index is 1.63. The van der Waals surface area contributed by atoms with Crippen molar-refractivity contribution in [3.63, 3.8) is 0 Å². The van der Waals surface area contributed by atoms with Gasteiger partial charge in [0.2, 0.25) is 0 Å². The molecule has 1 unspecified atom stereocenters. The minimum absolute atomic E-state index is 0.512. The van der Waals surface area contributed by atoms with Crippen LogP contribution in [0.1, 0.15) is 24.8 Å². The summed E-state index contributed by atoms with van der Waals surface area (Å²) in [7, 11) is 0. The van der Waals surface area contributed by atoms with Crippen LogP contribution in [0.15, 0.2) is 18.2 Å². The second-order valence-electron chi connectivity index (χ2n) is 5.27. The number of benzene rings is 1. The third-order valence-electron chi connectivity index (χ3n) is 3.83. The fraction of sp³-hybridized carbons (Fsp3) is 0.500. The summed E-state index contributed by atoms with van der Waals surface area (Å²) in [5.41, 5.74) is 7.94. The molecule has 0 aromatic heterocycles. The van der Waals surface area contributed by atoms with Gasteiger partial charge in [0.1, 0.15) is 6.07 Å². The largest absolute Gasteiger partial charge is 0.398 e. The van der Waals surface area contributed by atoms with Gasteiger partial charge in [0.15, 0.2) is 0 Å². The average molecular weight is 242 g/mol. The molecule has 2 fully saturated rings. The molecule has 1 saturated heterocycles. The van der Waals surface area contributed by atoms with E-state index in [9.17, 15) is 0 Å². The minimum Gasteiger partial charge on any atom is -0.398 e. The molecule has 4 heteroatoms. The maximum atomic E-state index is 8.84. The van der Waals surface area contributed by atoms with Gasteiger partial charge in [-0.25, -0.2) is 0 Å². The Morgan fingerprint density at radius 1 is 1.33 bits per heavy atom. The molecular weight excluding hydrogens is 224 g/mol. The van der Waals surface area contributed by atoms with Crippen LogP contribution < -0.4 is 11.1 Å². The van der Waals surface area contributed by atoms with Gasteiger partial charge in [-0.2, -0.15) is 5.26 Å². The number of nitrogens with two attached hydrogens (primary N) is 1. The number of likely N-dealkylation sites (tertiary alicyclic amines) is 1. The zero-order valence-electron chi connectivity index (χ0n) is 10.4. The van der Waals surface area contributed by atoms with E-state index < -0.39 is 0 Å². The maximum absolute atomic E-state index is 8.84. The number of rotatable bonds is 3. The highest BCUT2D eigenvalue weighted by Gasteiger charge is 2.34. The zero-order chi connectivity index (χ0) is 12.5. The molecule has 0 radical (unpaired) electrons. The predicted octanol–water partition coefficient (Wildman–Crippen LogP) is 1.79. The van der Waals surface area contributed by atoms with E-state index in [2.05, 4.69) is 16.3 Å². The molecule has 0 bridgehead atoms. The Kier molecular flexibility index (Phi) is 2.85. The van der Waals surface area contributed by atoms with Gasteiger partial charge in [0, 0.05) is 30.9 Å². The Morgan fingerprint density at radius 2 is 2.17 bits per heavy atom. The van der Waals surface area contributed by atoms with Crippen molar-refractivity contribution in [2.75, 3.05) is 24.1 Å². The summed E-state index contributed by atoms with van der Waals surface area (Å²) in [5, 5.41) is 12.4. The monoisotopic (exact) mass is 242 g/mol. The summed E-state index contributed by atoms with van der Waals surface area (Å²) < 4.78 is 0. The lowest BCUT2D eigenvalue weighted by atomic mass is 10.1. The molecule has 1 aliphatic carbocycles. The third kappa shape index (κ3) is 2.27. The van der Waals surface area contributed by atoms with Crippen molar-refractivity contribution >= 4 is 11.4 Å². The second kappa shape index (κ2) is 4.51. The molecule has 2 aliphatic rings. The number of hydrogen-bond acceptors (Lipinski definition) is 4. The van der Waals surface area contributed by atoms with Gasteiger partial charge >= 0.3 is 0 Å². The summed E-state index contributed by atoms with van der Waals surface area (Å²) in [4.78, 5) is 2.57.